The third kappa shape index (κ3) is 3.15. The van der Waals surface area contributed by atoms with Gasteiger partial charge in [-0.05, 0) is 42.7 Å². The summed E-state index contributed by atoms with van der Waals surface area (Å²) in [5.74, 6) is 0.799. The van der Waals surface area contributed by atoms with Gasteiger partial charge in [0.1, 0.15) is 17.2 Å². The fourth-order valence-electron chi connectivity index (χ4n) is 2.70. The Morgan fingerprint density at radius 2 is 2.04 bits per heavy atom. The molecular formula is C17H17N3O4. The van der Waals surface area contributed by atoms with Gasteiger partial charge in [0, 0.05) is 25.9 Å². The highest BCUT2D eigenvalue weighted by atomic mass is 16.5. The second-order valence-electron chi connectivity index (χ2n) is 5.39. The van der Waals surface area contributed by atoms with E-state index in [1.807, 2.05) is 6.07 Å². The van der Waals surface area contributed by atoms with E-state index in [4.69, 9.17) is 4.74 Å². The van der Waals surface area contributed by atoms with E-state index >= 15 is 0 Å². The molecule has 0 bridgehead atoms. The van der Waals surface area contributed by atoms with Crippen LogP contribution < -0.4 is 15.0 Å². The Balaban J connectivity index is 1.84. The van der Waals surface area contributed by atoms with Gasteiger partial charge >= 0.3 is 6.09 Å². The standard InChI is InChI=1S/C17H17N3O4/c1-18-16(21)14-10-13(6-7-19-14)24-12-4-5-15-11(9-12)3-2-8-20(15)17(22)23/h4-7,9-10H,2-3,8H2,1H3,(H,18,21)(H,22,23). The molecule has 124 valence electrons. The van der Waals surface area contributed by atoms with Crippen LogP contribution in [-0.2, 0) is 6.42 Å². The van der Waals surface area contributed by atoms with Crippen molar-refractivity contribution in [3.05, 3.63) is 47.8 Å². The molecule has 2 N–H and O–H groups in total. The number of nitrogens with one attached hydrogen (secondary N) is 1. The average Bonchev–Trinajstić information content (AvgIpc) is 2.60. The third-order valence-corrected chi connectivity index (χ3v) is 3.83. The zero-order chi connectivity index (χ0) is 17.1. The van der Waals surface area contributed by atoms with Crippen LogP contribution in [0.3, 0.4) is 0 Å². The monoisotopic (exact) mass is 327 g/mol. The molecule has 3 rings (SSSR count). The summed E-state index contributed by atoms with van der Waals surface area (Å²) in [4.78, 5) is 28.2. The number of ether oxygens (including phenoxy) is 1. The Labute approximate surface area is 138 Å². The number of aryl methyl sites for hydroxylation is 1. The van der Waals surface area contributed by atoms with Crippen LogP contribution >= 0.6 is 0 Å². The number of aromatic nitrogens is 1. The number of benzene rings is 1. The summed E-state index contributed by atoms with van der Waals surface area (Å²) in [6, 6.07) is 8.53. The van der Waals surface area contributed by atoms with E-state index in [9.17, 15) is 14.7 Å². The summed E-state index contributed by atoms with van der Waals surface area (Å²) in [5.41, 5.74) is 1.90. The van der Waals surface area contributed by atoms with Crippen LogP contribution in [0.5, 0.6) is 11.5 Å². The number of nitrogens with zero attached hydrogens (tertiary/aromatic N) is 2. The number of carbonyl (C=O) groups is 2. The van der Waals surface area contributed by atoms with E-state index in [0.717, 1.165) is 18.4 Å². The van der Waals surface area contributed by atoms with Gasteiger partial charge in [0.2, 0.25) is 0 Å². The number of pyridine rings is 1. The first-order valence-electron chi connectivity index (χ1n) is 7.58. The van der Waals surface area contributed by atoms with Crippen LogP contribution in [0.4, 0.5) is 10.5 Å². The molecular weight excluding hydrogens is 310 g/mol. The molecule has 1 aromatic carbocycles. The van der Waals surface area contributed by atoms with E-state index in [-0.39, 0.29) is 11.6 Å². The van der Waals surface area contributed by atoms with Crippen molar-refractivity contribution in [1.82, 2.24) is 10.3 Å². The minimum absolute atomic E-state index is 0.269. The van der Waals surface area contributed by atoms with Crippen molar-refractivity contribution >= 4 is 17.7 Å². The summed E-state index contributed by atoms with van der Waals surface area (Å²) in [6.45, 7) is 0.502. The summed E-state index contributed by atoms with van der Waals surface area (Å²) in [5, 5.41) is 11.8. The topological polar surface area (TPSA) is 91.8 Å². The molecule has 1 aliphatic rings. The van der Waals surface area contributed by atoms with Gasteiger partial charge in [-0.2, -0.15) is 0 Å². The molecule has 7 nitrogen and oxygen atoms in total. The lowest BCUT2D eigenvalue weighted by atomic mass is 10.0. The molecule has 2 heterocycles. The highest BCUT2D eigenvalue weighted by Gasteiger charge is 2.22. The molecule has 1 aliphatic heterocycles. The lowest BCUT2D eigenvalue weighted by molar-refractivity contribution is 0.0957. The van der Waals surface area contributed by atoms with Crippen molar-refractivity contribution in [2.75, 3.05) is 18.5 Å². The summed E-state index contributed by atoms with van der Waals surface area (Å²) < 4.78 is 5.79. The molecule has 0 unspecified atom stereocenters. The predicted molar refractivity (Wildman–Crippen MR) is 87.8 cm³/mol. The van der Waals surface area contributed by atoms with Crippen LogP contribution in [-0.4, -0.2) is 35.7 Å². The average molecular weight is 327 g/mol. The fraction of sp³-hybridized carbons (Fsp3) is 0.235. The highest BCUT2D eigenvalue weighted by Crippen LogP contribution is 2.32. The van der Waals surface area contributed by atoms with E-state index in [2.05, 4.69) is 10.3 Å². The summed E-state index contributed by atoms with van der Waals surface area (Å²) in [7, 11) is 1.54. The Kier molecular flexibility index (Phi) is 4.33. The first-order chi connectivity index (χ1) is 11.6. The minimum Gasteiger partial charge on any atom is -0.465 e. The van der Waals surface area contributed by atoms with E-state index in [1.54, 1.807) is 24.3 Å². The molecule has 0 radical (unpaired) electrons. The van der Waals surface area contributed by atoms with Crippen molar-refractivity contribution in [1.29, 1.82) is 0 Å². The highest BCUT2D eigenvalue weighted by molar-refractivity contribution is 5.92. The van der Waals surface area contributed by atoms with E-state index in [0.29, 0.717) is 23.7 Å². The van der Waals surface area contributed by atoms with Crippen LogP contribution in [0.15, 0.2) is 36.5 Å². The number of hydrogen-bond donors (Lipinski definition) is 2. The van der Waals surface area contributed by atoms with Gasteiger partial charge in [-0.1, -0.05) is 0 Å². The number of rotatable bonds is 3. The molecule has 24 heavy (non-hydrogen) atoms. The largest absolute Gasteiger partial charge is 0.465 e. The van der Waals surface area contributed by atoms with Gasteiger partial charge in [0.15, 0.2) is 0 Å². The molecule has 0 fully saturated rings. The SMILES string of the molecule is CNC(=O)c1cc(Oc2ccc3c(c2)CCCN3C(=O)O)ccn1. The first-order valence-corrected chi connectivity index (χ1v) is 7.58. The summed E-state index contributed by atoms with van der Waals surface area (Å²) in [6.07, 6.45) is 2.13. The van der Waals surface area contributed by atoms with Crippen molar-refractivity contribution < 1.29 is 19.4 Å². The lowest BCUT2D eigenvalue weighted by Crippen LogP contribution is -2.34. The Morgan fingerprint density at radius 1 is 1.25 bits per heavy atom. The number of hydrogen-bond acceptors (Lipinski definition) is 4. The molecule has 2 aromatic rings. The number of carbonyl (C=O) groups excluding carboxylic acids is 1. The van der Waals surface area contributed by atoms with E-state index < -0.39 is 6.09 Å². The number of anilines is 1. The maximum atomic E-state index is 11.6. The maximum absolute atomic E-state index is 11.6. The van der Waals surface area contributed by atoms with Crippen molar-refractivity contribution in [2.45, 2.75) is 12.8 Å². The Bertz CT molecular complexity index is 791. The van der Waals surface area contributed by atoms with Crippen LogP contribution in [0.2, 0.25) is 0 Å². The third-order valence-electron chi connectivity index (χ3n) is 3.83. The summed E-state index contributed by atoms with van der Waals surface area (Å²) >= 11 is 0. The van der Waals surface area contributed by atoms with Gasteiger partial charge in [0.25, 0.3) is 5.91 Å². The molecule has 7 heteroatoms. The molecule has 0 saturated carbocycles. The smallest absolute Gasteiger partial charge is 0.411 e. The van der Waals surface area contributed by atoms with E-state index in [1.165, 1.54) is 18.1 Å². The van der Waals surface area contributed by atoms with Gasteiger partial charge in [0.05, 0.1) is 5.69 Å². The van der Waals surface area contributed by atoms with Gasteiger partial charge in [-0.25, -0.2) is 4.79 Å². The quantitative estimate of drug-likeness (QED) is 0.904. The second-order valence-corrected chi connectivity index (χ2v) is 5.39. The molecule has 0 aliphatic carbocycles. The number of amides is 2. The molecule has 1 aromatic heterocycles. The first kappa shape index (κ1) is 15.8. The molecule has 2 amide bonds. The normalized spacial score (nSPS) is 13.1. The van der Waals surface area contributed by atoms with Crippen LogP contribution in [0.1, 0.15) is 22.5 Å². The predicted octanol–water partition coefficient (Wildman–Crippen LogP) is 2.66. The Morgan fingerprint density at radius 3 is 2.79 bits per heavy atom. The van der Waals surface area contributed by atoms with Crippen LogP contribution in [0, 0.1) is 0 Å². The number of carboxylic acid groups (broad SMARTS) is 1. The molecule has 0 saturated heterocycles. The van der Waals surface area contributed by atoms with Crippen molar-refractivity contribution in [2.24, 2.45) is 0 Å². The molecule has 0 spiro atoms. The minimum atomic E-state index is -0.950. The number of fused-ring (bicyclic) bond motifs is 1. The Hall–Kier alpha value is -3.09. The van der Waals surface area contributed by atoms with Gasteiger partial charge in [-0.3, -0.25) is 14.7 Å². The zero-order valence-corrected chi connectivity index (χ0v) is 13.2. The molecule has 0 atom stereocenters. The van der Waals surface area contributed by atoms with Crippen molar-refractivity contribution in [3.8, 4) is 11.5 Å². The van der Waals surface area contributed by atoms with Gasteiger partial charge < -0.3 is 15.2 Å². The second kappa shape index (κ2) is 6.57. The van der Waals surface area contributed by atoms with Crippen molar-refractivity contribution in [3.63, 3.8) is 0 Å². The van der Waals surface area contributed by atoms with Gasteiger partial charge in [-0.15, -0.1) is 0 Å². The van der Waals surface area contributed by atoms with Crippen LogP contribution in [0.25, 0.3) is 0 Å². The fourth-order valence-corrected chi connectivity index (χ4v) is 2.70. The maximum Gasteiger partial charge on any atom is 0.411 e. The lowest BCUT2D eigenvalue weighted by Gasteiger charge is -2.27. The zero-order valence-electron chi connectivity index (χ0n) is 13.2.